The van der Waals surface area contributed by atoms with Gasteiger partial charge in [0.05, 0.1) is 0 Å². The Morgan fingerprint density at radius 1 is 1.71 bits per heavy atom. The third-order valence-corrected chi connectivity index (χ3v) is 1.23. The van der Waals surface area contributed by atoms with Gasteiger partial charge in [-0.15, -0.1) is 0 Å². The molecule has 0 radical (unpaired) electrons. The van der Waals surface area contributed by atoms with Crippen LogP contribution in [0.4, 0.5) is 0 Å². The molecule has 0 fully saturated rings. The van der Waals surface area contributed by atoms with Crippen LogP contribution in [0.15, 0.2) is 0 Å². The average molecular weight is 97.2 g/mol. The van der Waals surface area contributed by atoms with Gasteiger partial charge >= 0.3 is 0 Å². The van der Waals surface area contributed by atoms with E-state index in [1.165, 1.54) is 12.8 Å². The summed E-state index contributed by atoms with van der Waals surface area (Å²) in [4.78, 5) is 0. The van der Waals surface area contributed by atoms with E-state index in [9.17, 15) is 0 Å². The molecule has 40 valence electrons. The number of hydrogen-bond donors (Lipinski definition) is 0. The number of rotatable bonds is 0. The van der Waals surface area contributed by atoms with Gasteiger partial charge in [0.1, 0.15) is 13.3 Å². The molecule has 7 heavy (non-hydrogen) atoms. The molecule has 0 aliphatic carbocycles. The second kappa shape index (κ2) is 2.10. The van der Waals surface area contributed by atoms with Gasteiger partial charge in [-0.1, -0.05) is 0 Å². The van der Waals surface area contributed by atoms with E-state index in [0.717, 1.165) is 6.54 Å². The molecule has 0 spiro atoms. The zero-order valence-electron chi connectivity index (χ0n) is 4.72. The highest BCUT2D eigenvalue weighted by molar-refractivity contribution is 5.51. The normalized spacial score (nSPS) is 21.6. The lowest BCUT2D eigenvalue weighted by Crippen LogP contribution is -2.13. The van der Waals surface area contributed by atoms with Gasteiger partial charge < -0.3 is 0 Å². The van der Waals surface area contributed by atoms with Gasteiger partial charge in [0.2, 0.25) is 0 Å². The first kappa shape index (κ1) is 4.82. The summed E-state index contributed by atoms with van der Waals surface area (Å²) in [5.41, 5.74) is 0. The lowest BCUT2D eigenvalue weighted by molar-refractivity contribution is -0.489. The van der Waals surface area contributed by atoms with Crippen molar-refractivity contribution in [3.8, 4) is 0 Å². The van der Waals surface area contributed by atoms with Crippen LogP contribution in [0.5, 0.6) is 0 Å². The zero-order valence-corrected chi connectivity index (χ0v) is 4.72. The fourth-order valence-electron chi connectivity index (χ4n) is 0.782. The molecule has 0 aromatic heterocycles. The van der Waals surface area contributed by atoms with Gasteiger partial charge in [0, 0.05) is 6.54 Å². The van der Waals surface area contributed by atoms with Crippen molar-refractivity contribution in [1.82, 2.24) is 0 Å². The third kappa shape index (κ3) is 1.30. The molecule has 0 saturated carbocycles. The highest BCUT2D eigenvalue weighted by atomic mass is 14.9. The van der Waals surface area contributed by atoms with Crippen molar-refractivity contribution in [3.63, 3.8) is 0 Å². The summed E-state index contributed by atoms with van der Waals surface area (Å²) in [5.74, 6) is 0. The van der Waals surface area contributed by atoms with Crippen LogP contribution in [0.1, 0.15) is 12.8 Å². The molecule has 0 aromatic carbocycles. The van der Waals surface area contributed by atoms with E-state index in [2.05, 4.69) is 24.3 Å². The summed E-state index contributed by atoms with van der Waals surface area (Å²) in [6.07, 6.45) is 7.04. The Bertz CT molecular complexity index is 84.2. The molecule has 0 bridgehead atoms. The van der Waals surface area contributed by atoms with Crippen molar-refractivity contribution in [1.29, 1.82) is 0 Å². The molecule has 0 aromatic rings. The van der Waals surface area contributed by atoms with E-state index in [1.807, 2.05) is 0 Å². The Kier molecular flexibility index (Phi) is 1.45. The average Bonchev–Trinajstić information content (AvgIpc) is 1.69. The van der Waals surface area contributed by atoms with Crippen LogP contribution in [0.3, 0.4) is 0 Å². The van der Waals surface area contributed by atoms with Crippen LogP contribution < -0.4 is 0 Å². The van der Waals surface area contributed by atoms with Crippen LogP contribution in [0.2, 0.25) is 0 Å². The van der Waals surface area contributed by atoms with E-state index >= 15 is 0 Å². The Labute approximate surface area is 44.7 Å². The predicted octanol–water partition coefficient (Wildman–Crippen LogP) is 0.698. The minimum atomic E-state index is 1.14. The van der Waals surface area contributed by atoms with E-state index in [0.29, 0.717) is 0 Å². The maximum absolute atomic E-state index is 2.31. The summed E-state index contributed by atoms with van der Waals surface area (Å²) in [6.45, 7) is 1.14. The Morgan fingerprint density at radius 2 is 2.57 bits per heavy atom. The van der Waals surface area contributed by atoms with Crippen LogP contribution in [0.25, 0.3) is 0 Å². The fourth-order valence-corrected chi connectivity index (χ4v) is 0.782. The highest BCUT2D eigenvalue weighted by Gasteiger charge is 1.92. The van der Waals surface area contributed by atoms with E-state index in [4.69, 9.17) is 0 Å². The molecule has 0 atom stereocenters. The quantitative estimate of drug-likeness (QED) is 0.309. The summed E-state index contributed by atoms with van der Waals surface area (Å²) >= 11 is 0. The molecule has 1 rings (SSSR count). The molecule has 1 heterocycles. The number of nitrogens with zero attached hydrogens (tertiary/aromatic N) is 1. The first-order valence-corrected chi connectivity index (χ1v) is 2.75. The first-order chi connectivity index (χ1) is 3.39. The maximum Gasteiger partial charge on any atom is 0.134 e. The van der Waals surface area contributed by atoms with Crippen molar-refractivity contribution in [2.75, 3.05) is 13.6 Å². The summed E-state index contributed by atoms with van der Waals surface area (Å²) in [5, 5.41) is 0. The molecule has 0 N–H and O–H groups in total. The van der Waals surface area contributed by atoms with Crippen LogP contribution >= 0.6 is 0 Å². The molecule has 0 amide bonds. The predicted molar refractivity (Wildman–Crippen MR) is 30.6 cm³/mol. The molecule has 1 aliphatic rings. The first-order valence-electron chi connectivity index (χ1n) is 2.75. The smallest absolute Gasteiger partial charge is 0.134 e. The minimum absolute atomic E-state index is 1.14. The minimum Gasteiger partial charge on any atom is -0.270 e. The molecule has 0 saturated heterocycles. The van der Waals surface area contributed by atoms with Gasteiger partial charge in [-0.25, -0.2) is 0 Å². The summed E-state index contributed by atoms with van der Waals surface area (Å²) in [7, 11) is 2.11. The Morgan fingerprint density at radius 3 is 2.86 bits per heavy atom. The van der Waals surface area contributed by atoms with Gasteiger partial charge in [-0.05, 0) is 6.42 Å². The SMILES string of the molecule is C[N+]1=CCC[CH-]C1. The molecular weight excluding hydrogens is 86.1 g/mol. The molecule has 1 heteroatoms. The Balaban J connectivity index is 2.40. The lowest BCUT2D eigenvalue weighted by Gasteiger charge is -2.10. The van der Waals surface area contributed by atoms with Crippen molar-refractivity contribution in [2.24, 2.45) is 0 Å². The van der Waals surface area contributed by atoms with E-state index < -0.39 is 0 Å². The van der Waals surface area contributed by atoms with Gasteiger partial charge in [-0.2, -0.15) is 6.42 Å². The maximum atomic E-state index is 2.31. The van der Waals surface area contributed by atoms with Crippen molar-refractivity contribution in [3.05, 3.63) is 6.42 Å². The summed E-state index contributed by atoms with van der Waals surface area (Å²) < 4.78 is 2.21. The largest absolute Gasteiger partial charge is 0.270 e. The van der Waals surface area contributed by atoms with Crippen molar-refractivity contribution < 1.29 is 4.58 Å². The monoisotopic (exact) mass is 97.1 g/mol. The van der Waals surface area contributed by atoms with Crippen molar-refractivity contribution >= 4 is 6.21 Å². The van der Waals surface area contributed by atoms with Gasteiger partial charge in [0.25, 0.3) is 0 Å². The highest BCUT2D eigenvalue weighted by Crippen LogP contribution is 1.95. The number of hydrogen-bond acceptors (Lipinski definition) is 0. The van der Waals surface area contributed by atoms with E-state index in [1.54, 1.807) is 0 Å². The molecular formula is C6H11N. The fraction of sp³-hybridized carbons (Fsp3) is 0.667. The summed E-state index contributed by atoms with van der Waals surface area (Å²) in [6, 6.07) is 0. The molecule has 0 unspecified atom stereocenters. The zero-order chi connectivity index (χ0) is 5.11. The van der Waals surface area contributed by atoms with Gasteiger partial charge in [-0.3, -0.25) is 11.0 Å². The lowest BCUT2D eigenvalue weighted by atomic mass is 10.2. The second-order valence-corrected chi connectivity index (χ2v) is 1.99. The van der Waals surface area contributed by atoms with Crippen LogP contribution in [-0.4, -0.2) is 24.4 Å². The van der Waals surface area contributed by atoms with Crippen molar-refractivity contribution in [2.45, 2.75) is 12.8 Å². The van der Waals surface area contributed by atoms with Crippen LogP contribution in [0, 0.1) is 6.42 Å². The molecule has 1 aliphatic heterocycles. The topological polar surface area (TPSA) is 3.01 Å². The Hall–Kier alpha value is -0.330. The third-order valence-electron chi connectivity index (χ3n) is 1.23. The van der Waals surface area contributed by atoms with Gasteiger partial charge in [0.15, 0.2) is 0 Å². The van der Waals surface area contributed by atoms with E-state index in [-0.39, 0.29) is 0 Å². The standard InChI is InChI=1S/C6H11N/c1-7-5-3-2-4-6-7/h3,6H,2,4-5H2,1H3. The molecule has 1 nitrogen and oxygen atoms in total. The second-order valence-electron chi connectivity index (χ2n) is 1.99. The van der Waals surface area contributed by atoms with Crippen LogP contribution in [-0.2, 0) is 0 Å².